The van der Waals surface area contributed by atoms with Crippen molar-refractivity contribution in [3.05, 3.63) is 74.5 Å². The van der Waals surface area contributed by atoms with Crippen LogP contribution in [0.3, 0.4) is 0 Å². The summed E-state index contributed by atoms with van der Waals surface area (Å²) in [5.74, 6) is 3.12. The van der Waals surface area contributed by atoms with Crippen molar-refractivity contribution in [3.8, 4) is 5.75 Å². The third-order valence-corrected chi connectivity index (χ3v) is 8.34. The van der Waals surface area contributed by atoms with Crippen LogP contribution in [0.5, 0.6) is 5.75 Å². The summed E-state index contributed by atoms with van der Waals surface area (Å²) < 4.78 is 7.24. The normalized spacial score (nSPS) is 17.6. The quantitative estimate of drug-likeness (QED) is 0.367. The number of rotatable bonds is 5. The predicted molar refractivity (Wildman–Crippen MR) is 147 cm³/mol. The third kappa shape index (κ3) is 4.70. The van der Waals surface area contributed by atoms with Gasteiger partial charge in [0.1, 0.15) is 21.5 Å². The number of benzene rings is 1. The maximum Gasteiger partial charge on any atom is 0.267 e. The second kappa shape index (κ2) is 10.0. The van der Waals surface area contributed by atoms with Crippen molar-refractivity contribution in [1.29, 1.82) is 0 Å². The summed E-state index contributed by atoms with van der Waals surface area (Å²) in [7, 11) is 1.62. The van der Waals surface area contributed by atoms with Gasteiger partial charge in [0.05, 0.1) is 24.1 Å². The molecule has 180 valence electrons. The average molecular weight is 525 g/mol. The van der Waals surface area contributed by atoms with E-state index in [1.165, 1.54) is 11.8 Å². The van der Waals surface area contributed by atoms with E-state index >= 15 is 0 Å². The number of thiocarbonyl (C=S) groups is 1. The highest BCUT2D eigenvalue weighted by atomic mass is 32.2. The third-order valence-electron chi connectivity index (χ3n) is 6.02. The molecule has 4 heterocycles. The van der Waals surface area contributed by atoms with Crippen molar-refractivity contribution in [1.82, 2.24) is 14.3 Å². The minimum Gasteiger partial charge on any atom is -0.497 e. The molecule has 10 heteroatoms. The monoisotopic (exact) mass is 524 g/mol. The van der Waals surface area contributed by atoms with Crippen LogP contribution in [-0.4, -0.2) is 56.2 Å². The number of aryl methyl sites for hydroxylation is 1. The minimum absolute atomic E-state index is 0.188. The second-order valence-electron chi connectivity index (χ2n) is 8.25. The van der Waals surface area contributed by atoms with E-state index in [4.69, 9.17) is 21.9 Å². The van der Waals surface area contributed by atoms with Crippen molar-refractivity contribution in [2.24, 2.45) is 0 Å². The molecule has 2 aromatic heterocycles. The van der Waals surface area contributed by atoms with E-state index in [1.807, 2.05) is 55.1 Å². The van der Waals surface area contributed by atoms with Crippen molar-refractivity contribution in [2.45, 2.75) is 13.5 Å². The number of aromatic nitrogens is 2. The molecule has 2 saturated heterocycles. The summed E-state index contributed by atoms with van der Waals surface area (Å²) in [6.07, 6.45) is 3.40. The molecule has 0 radical (unpaired) electrons. The lowest BCUT2D eigenvalue weighted by molar-refractivity contribution is -0.122. The van der Waals surface area contributed by atoms with Crippen LogP contribution in [0.25, 0.3) is 11.7 Å². The van der Waals surface area contributed by atoms with Crippen LogP contribution >= 0.6 is 35.7 Å². The van der Waals surface area contributed by atoms with Gasteiger partial charge in [-0.15, -0.1) is 0 Å². The molecule has 2 aliphatic rings. The molecule has 0 aliphatic carbocycles. The molecule has 7 nitrogen and oxygen atoms in total. The highest BCUT2D eigenvalue weighted by Crippen LogP contribution is 2.35. The molecule has 2 aliphatic heterocycles. The van der Waals surface area contributed by atoms with Gasteiger partial charge in [-0.05, 0) is 42.3 Å². The number of fused-ring (bicyclic) bond motifs is 1. The Kier molecular flexibility index (Phi) is 6.86. The number of carbonyl (C=O) groups excluding carboxylic acids is 1. The summed E-state index contributed by atoms with van der Waals surface area (Å²) in [5, 5.41) is 0. The Bertz CT molecular complexity index is 1400. The van der Waals surface area contributed by atoms with Gasteiger partial charge in [0.25, 0.3) is 11.5 Å². The number of methoxy groups -OCH3 is 1. The fraction of sp³-hybridized carbons (Fsp3) is 0.280. The van der Waals surface area contributed by atoms with Gasteiger partial charge in [-0.3, -0.25) is 18.9 Å². The van der Waals surface area contributed by atoms with Crippen molar-refractivity contribution >= 4 is 63.5 Å². The van der Waals surface area contributed by atoms with Gasteiger partial charge in [-0.2, -0.15) is 11.8 Å². The zero-order chi connectivity index (χ0) is 24.5. The van der Waals surface area contributed by atoms with E-state index < -0.39 is 0 Å². The molecule has 0 spiro atoms. The second-order valence-corrected chi connectivity index (χ2v) is 11.2. The maximum absolute atomic E-state index is 13.6. The first-order valence-electron chi connectivity index (χ1n) is 11.2. The Hall–Kier alpha value is -2.82. The average Bonchev–Trinajstić information content (AvgIpc) is 3.14. The number of amides is 1. The number of ether oxygens (including phenoxy) is 1. The van der Waals surface area contributed by atoms with E-state index in [0.29, 0.717) is 32.8 Å². The number of thioether (sulfide) groups is 2. The predicted octanol–water partition coefficient (Wildman–Crippen LogP) is 3.97. The number of carbonyl (C=O) groups is 1. The topological polar surface area (TPSA) is 67.2 Å². The minimum atomic E-state index is -0.204. The van der Waals surface area contributed by atoms with E-state index in [0.717, 1.165) is 41.5 Å². The van der Waals surface area contributed by atoms with Crippen LogP contribution in [0.2, 0.25) is 0 Å². The lowest BCUT2D eigenvalue weighted by atomic mass is 10.2. The van der Waals surface area contributed by atoms with Gasteiger partial charge >= 0.3 is 0 Å². The Morgan fingerprint density at radius 1 is 1.14 bits per heavy atom. The molecule has 1 aromatic carbocycles. The summed E-state index contributed by atoms with van der Waals surface area (Å²) in [4.78, 5) is 36.0. The van der Waals surface area contributed by atoms with Crippen LogP contribution in [0.1, 0.15) is 16.7 Å². The summed E-state index contributed by atoms with van der Waals surface area (Å²) in [6, 6.07) is 11.3. The van der Waals surface area contributed by atoms with E-state index in [2.05, 4.69) is 4.90 Å². The summed E-state index contributed by atoms with van der Waals surface area (Å²) >= 11 is 8.64. The molecular weight excluding hydrogens is 501 g/mol. The summed E-state index contributed by atoms with van der Waals surface area (Å²) in [6.45, 7) is 3.91. The van der Waals surface area contributed by atoms with Crippen molar-refractivity contribution in [3.63, 3.8) is 0 Å². The molecule has 3 aromatic rings. The van der Waals surface area contributed by atoms with E-state index in [9.17, 15) is 9.59 Å². The molecule has 35 heavy (non-hydrogen) atoms. The fourth-order valence-corrected chi connectivity index (χ4v) is 6.26. The lowest BCUT2D eigenvalue weighted by Crippen LogP contribution is -2.36. The number of hydrogen-bond donors (Lipinski definition) is 0. The van der Waals surface area contributed by atoms with Gasteiger partial charge in [-0.1, -0.05) is 42.2 Å². The van der Waals surface area contributed by atoms with Gasteiger partial charge in [-0.25, -0.2) is 4.98 Å². The largest absolute Gasteiger partial charge is 0.497 e. The van der Waals surface area contributed by atoms with Gasteiger partial charge < -0.3 is 9.64 Å². The molecule has 2 fully saturated rings. The number of hydrogen-bond acceptors (Lipinski definition) is 8. The zero-order valence-electron chi connectivity index (χ0n) is 19.4. The Morgan fingerprint density at radius 2 is 1.89 bits per heavy atom. The molecule has 0 N–H and O–H groups in total. The smallest absolute Gasteiger partial charge is 0.267 e. The van der Waals surface area contributed by atoms with Crippen LogP contribution in [0, 0.1) is 6.92 Å². The molecule has 0 saturated carbocycles. The highest BCUT2D eigenvalue weighted by Gasteiger charge is 2.33. The van der Waals surface area contributed by atoms with Crippen LogP contribution in [0.15, 0.2) is 52.3 Å². The van der Waals surface area contributed by atoms with Crippen molar-refractivity contribution < 1.29 is 9.53 Å². The number of anilines is 1. The van der Waals surface area contributed by atoms with Crippen LogP contribution in [0.4, 0.5) is 5.82 Å². The fourth-order valence-electron chi connectivity index (χ4n) is 4.12. The van der Waals surface area contributed by atoms with Gasteiger partial charge in [0.2, 0.25) is 0 Å². The Labute approximate surface area is 217 Å². The molecule has 0 unspecified atom stereocenters. The highest BCUT2D eigenvalue weighted by molar-refractivity contribution is 8.26. The van der Waals surface area contributed by atoms with E-state index in [-0.39, 0.29) is 11.5 Å². The first-order valence-corrected chi connectivity index (χ1v) is 13.6. The number of nitrogens with zero attached hydrogens (tertiary/aromatic N) is 4. The van der Waals surface area contributed by atoms with E-state index in [1.54, 1.807) is 28.7 Å². The Balaban J connectivity index is 1.54. The SMILES string of the molecule is COc1ccc(CN2C(=O)/C(=C/c3c(N4CCSCC4)nc4c(C)cccn4c3=O)SC2=S)cc1. The molecule has 0 bridgehead atoms. The maximum atomic E-state index is 13.6. The molecule has 5 rings (SSSR count). The number of pyridine rings is 1. The van der Waals surface area contributed by atoms with Crippen LogP contribution < -0.4 is 15.2 Å². The standard InChI is InChI=1S/C25H24N4O3S3/c1-16-4-3-9-28-21(16)26-22(27-10-12-34-13-11-27)19(23(28)30)14-20-24(31)29(25(33)35-20)15-17-5-7-18(32-2)8-6-17/h3-9,14H,10-13,15H2,1-2H3/b20-14-. The van der Waals surface area contributed by atoms with Crippen LogP contribution in [-0.2, 0) is 11.3 Å². The molecule has 1 amide bonds. The first kappa shape index (κ1) is 23.9. The summed E-state index contributed by atoms with van der Waals surface area (Å²) in [5.41, 5.74) is 2.74. The lowest BCUT2D eigenvalue weighted by Gasteiger charge is -2.29. The zero-order valence-corrected chi connectivity index (χ0v) is 21.8. The van der Waals surface area contributed by atoms with Gasteiger partial charge in [0.15, 0.2) is 0 Å². The van der Waals surface area contributed by atoms with Crippen molar-refractivity contribution in [2.75, 3.05) is 36.6 Å². The Morgan fingerprint density at radius 3 is 2.60 bits per heavy atom. The first-order chi connectivity index (χ1) is 17.0. The molecule has 0 atom stereocenters. The van der Waals surface area contributed by atoms with Gasteiger partial charge in [0, 0.05) is 30.8 Å². The molecular formula is C25H24N4O3S3.